The van der Waals surface area contributed by atoms with Crippen LogP contribution in [0.2, 0.25) is 0 Å². The summed E-state index contributed by atoms with van der Waals surface area (Å²) in [6.45, 7) is 23.2. The molecule has 0 spiro atoms. The van der Waals surface area contributed by atoms with Crippen LogP contribution in [-0.4, -0.2) is 0 Å². The first-order chi connectivity index (χ1) is 18.8. The summed E-state index contributed by atoms with van der Waals surface area (Å²) in [5, 5.41) is 0. The predicted molar refractivity (Wildman–Crippen MR) is 182 cm³/mol. The maximum atomic E-state index is 2.41. The minimum absolute atomic E-state index is 0.316. The molecule has 0 nitrogen and oxygen atoms in total. The Morgan fingerprint density at radius 3 is 2.02 bits per heavy atom. The fourth-order valence-corrected chi connectivity index (χ4v) is 6.23. The molecule has 0 aromatic carbocycles. The number of rotatable bonds is 12. The third-order valence-electron chi connectivity index (χ3n) is 9.00. The van der Waals surface area contributed by atoms with Gasteiger partial charge in [-0.2, -0.15) is 0 Å². The van der Waals surface area contributed by atoms with Crippen LogP contribution in [0.1, 0.15) is 127 Å². The fraction of sp³-hybridized carbons (Fsp3) is 0.550. The molecule has 0 heteroatoms. The number of hydrogen-bond acceptors (Lipinski definition) is 0. The first-order valence-electron chi connectivity index (χ1n) is 15.9. The Morgan fingerprint density at radius 2 is 1.38 bits per heavy atom. The minimum atomic E-state index is 0.316. The molecule has 0 aromatic heterocycles. The van der Waals surface area contributed by atoms with Crippen molar-refractivity contribution in [1.82, 2.24) is 0 Å². The van der Waals surface area contributed by atoms with Gasteiger partial charge in [0.05, 0.1) is 0 Å². The van der Waals surface area contributed by atoms with Crippen molar-refractivity contribution >= 4 is 0 Å². The topological polar surface area (TPSA) is 0 Å². The van der Waals surface area contributed by atoms with Gasteiger partial charge in [-0.1, -0.05) is 135 Å². The summed E-state index contributed by atoms with van der Waals surface area (Å²) in [4.78, 5) is 0. The molecule has 40 heavy (non-hydrogen) atoms. The van der Waals surface area contributed by atoms with E-state index >= 15 is 0 Å². The quantitative estimate of drug-likeness (QED) is 0.170. The van der Waals surface area contributed by atoms with Gasteiger partial charge >= 0.3 is 0 Å². The van der Waals surface area contributed by atoms with Crippen molar-refractivity contribution in [3.8, 4) is 0 Å². The van der Waals surface area contributed by atoms with Crippen molar-refractivity contribution in [2.24, 2.45) is 16.7 Å². The molecule has 1 unspecified atom stereocenters. The molecule has 0 bridgehead atoms. The first-order valence-corrected chi connectivity index (χ1v) is 15.9. The molecule has 2 aliphatic carbocycles. The summed E-state index contributed by atoms with van der Waals surface area (Å²) >= 11 is 0. The molecule has 0 fully saturated rings. The molecule has 1 atom stereocenters. The molecule has 0 aromatic rings. The van der Waals surface area contributed by atoms with Gasteiger partial charge in [0.25, 0.3) is 0 Å². The van der Waals surface area contributed by atoms with Crippen LogP contribution in [0.25, 0.3) is 0 Å². The van der Waals surface area contributed by atoms with Crippen LogP contribution in [0.4, 0.5) is 0 Å². The Bertz CT molecular complexity index is 1110. The highest BCUT2D eigenvalue weighted by Gasteiger charge is 2.27. The van der Waals surface area contributed by atoms with Crippen LogP contribution < -0.4 is 0 Å². The molecule has 0 radical (unpaired) electrons. The van der Waals surface area contributed by atoms with E-state index in [9.17, 15) is 0 Å². The first kappa shape index (κ1) is 33.9. The van der Waals surface area contributed by atoms with Gasteiger partial charge in [-0.15, -0.1) is 0 Å². The Labute approximate surface area is 249 Å². The van der Waals surface area contributed by atoms with E-state index in [2.05, 4.69) is 136 Å². The number of hydrogen-bond donors (Lipinski definition) is 0. The van der Waals surface area contributed by atoms with E-state index < -0.39 is 0 Å². The smallest absolute Gasteiger partial charge is 0.00786 e. The largest absolute Gasteiger partial charge is 0.0839 e. The Morgan fingerprint density at radius 1 is 0.775 bits per heavy atom. The summed E-state index contributed by atoms with van der Waals surface area (Å²) in [6.07, 6.45) is 36.2. The fourth-order valence-electron chi connectivity index (χ4n) is 6.23. The zero-order valence-electron chi connectivity index (χ0n) is 27.8. The third-order valence-corrected chi connectivity index (χ3v) is 9.00. The van der Waals surface area contributed by atoms with E-state index in [-0.39, 0.29) is 0 Å². The zero-order valence-corrected chi connectivity index (χ0v) is 27.8. The van der Waals surface area contributed by atoms with Gasteiger partial charge in [-0.25, -0.2) is 0 Å². The van der Waals surface area contributed by atoms with Crippen molar-refractivity contribution in [1.29, 1.82) is 0 Å². The molecule has 220 valence electrons. The lowest BCUT2D eigenvalue weighted by Crippen LogP contribution is -2.20. The summed E-state index contributed by atoms with van der Waals surface area (Å²) in [6, 6.07) is 0. The molecule has 2 rings (SSSR count). The highest BCUT2D eigenvalue weighted by atomic mass is 14.3. The van der Waals surface area contributed by atoms with E-state index in [1.165, 1.54) is 55.2 Å². The minimum Gasteiger partial charge on any atom is -0.0839 e. The molecule has 0 amide bonds. The molecule has 0 N–H and O–H groups in total. The second kappa shape index (κ2) is 16.2. The van der Waals surface area contributed by atoms with Gasteiger partial charge in [0.15, 0.2) is 0 Å². The lowest BCUT2D eigenvalue weighted by atomic mass is 9.71. The molecule has 0 saturated carbocycles. The Kier molecular flexibility index (Phi) is 13.7. The van der Waals surface area contributed by atoms with E-state index in [4.69, 9.17) is 0 Å². The van der Waals surface area contributed by atoms with Gasteiger partial charge < -0.3 is 0 Å². The van der Waals surface area contributed by atoms with Crippen molar-refractivity contribution in [3.05, 3.63) is 106 Å². The van der Waals surface area contributed by atoms with Crippen LogP contribution in [0.3, 0.4) is 0 Å². The van der Waals surface area contributed by atoms with E-state index in [0.29, 0.717) is 16.7 Å². The van der Waals surface area contributed by atoms with Gasteiger partial charge in [0.1, 0.15) is 0 Å². The maximum Gasteiger partial charge on any atom is -0.00786 e. The standard InChI is InChI=1S/C40H60/c1-31(19-13-21-33(3)25-27-37-35(5)23-15-29-39(37,7)8)17-11-12-18-32(2)20-14-22-34(4)26-28-38-36(6)24-16-30-40(38,9)10/h11-14,17,20-22,25-27,33H,15-16,18-19,23-24,28-30H2,1-10H3/b12-11+,21-13+,22-14+,27-25+,31-17+,32-20+,34-26+. The molecule has 0 saturated heterocycles. The average molecular weight is 541 g/mol. The molecular weight excluding hydrogens is 480 g/mol. The zero-order chi connectivity index (χ0) is 29.8. The highest BCUT2D eigenvalue weighted by molar-refractivity contribution is 5.33. The van der Waals surface area contributed by atoms with Gasteiger partial charge in [-0.3, -0.25) is 0 Å². The normalized spacial score (nSPS) is 22.1. The third kappa shape index (κ3) is 11.6. The maximum absolute atomic E-state index is 2.41. The second-order valence-electron chi connectivity index (χ2n) is 13.9. The molecule has 2 aliphatic rings. The number of allylic oxidation sites excluding steroid dienone is 18. The highest BCUT2D eigenvalue weighted by Crippen LogP contribution is 2.42. The van der Waals surface area contributed by atoms with Crippen LogP contribution in [0, 0.1) is 16.7 Å². The Balaban J connectivity index is 1.78. The summed E-state index contributed by atoms with van der Waals surface area (Å²) in [7, 11) is 0. The van der Waals surface area contributed by atoms with Crippen LogP contribution >= 0.6 is 0 Å². The monoisotopic (exact) mass is 540 g/mol. The van der Waals surface area contributed by atoms with Gasteiger partial charge in [0, 0.05) is 0 Å². The van der Waals surface area contributed by atoms with Crippen molar-refractivity contribution in [2.45, 2.75) is 127 Å². The van der Waals surface area contributed by atoms with Crippen molar-refractivity contribution < 1.29 is 0 Å². The average Bonchev–Trinajstić information content (AvgIpc) is 2.85. The van der Waals surface area contributed by atoms with E-state index in [0.717, 1.165) is 19.3 Å². The summed E-state index contributed by atoms with van der Waals surface area (Å²) in [5.41, 5.74) is 11.2. The molecular formula is C40H60. The molecule has 0 heterocycles. The summed E-state index contributed by atoms with van der Waals surface area (Å²) < 4.78 is 0. The van der Waals surface area contributed by atoms with E-state index in [1.54, 1.807) is 22.3 Å². The van der Waals surface area contributed by atoms with Crippen LogP contribution in [-0.2, 0) is 0 Å². The predicted octanol–water partition coefficient (Wildman–Crippen LogP) is 12.9. The lowest BCUT2D eigenvalue weighted by molar-refractivity contribution is 0.360. The van der Waals surface area contributed by atoms with Crippen molar-refractivity contribution in [3.63, 3.8) is 0 Å². The second-order valence-corrected chi connectivity index (χ2v) is 13.9. The lowest BCUT2D eigenvalue weighted by Gasteiger charge is -2.34. The Hall–Kier alpha value is -2.34. The van der Waals surface area contributed by atoms with Gasteiger partial charge in [-0.05, 0) is 115 Å². The molecule has 0 aliphatic heterocycles. The van der Waals surface area contributed by atoms with Crippen LogP contribution in [0.5, 0.6) is 0 Å². The SMILES string of the molecule is CC1=C(/C=C/C(C)/C=C/C/C(C)=C/C=C/C/C(C)=C/C=C/C(C)=C/CC2=C(C)CCCC2(C)C)C(C)(C)CCC1. The van der Waals surface area contributed by atoms with Crippen LogP contribution in [0.15, 0.2) is 106 Å². The summed E-state index contributed by atoms with van der Waals surface area (Å²) in [5.74, 6) is 0.459. The van der Waals surface area contributed by atoms with Crippen molar-refractivity contribution in [2.75, 3.05) is 0 Å². The van der Waals surface area contributed by atoms with E-state index in [1.807, 2.05) is 0 Å². The van der Waals surface area contributed by atoms with Gasteiger partial charge in [0.2, 0.25) is 0 Å².